The summed E-state index contributed by atoms with van der Waals surface area (Å²) in [5, 5.41) is 5.10. The Kier molecular flexibility index (Phi) is 5.34. The molecule has 0 atom stereocenters. The molecule has 1 fully saturated rings. The van der Waals surface area contributed by atoms with Crippen LogP contribution in [0, 0.1) is 6.92 Å². The fraction of sp³-hybridized carbons (Fsp3) is 0.429. The number of fused-ring (bicyclic) bond motifs is 2. The molecule has 3 aromatic rings. The molecule has 0 amide bonds. The van der Waals surface area contributed by atoms with Crippen LogP contribution in [0.25, 0.3) is 5.82 Å². The molecule has 164 valence electrons. The molecule has 1 saturated heterocycles. The molecular formula is C21H20Cl2F2N4OS. The van der Waals surface area contributed by atoms with Crippen LogP contribution in [-0.4, -0.2) is 39.4 Å². The molecule has 10 heteroatoms. The van der Waals surface area contributed by atoms with Crippen molar-refractivity contribution in [1.82, 2.24) is 19.7 Å². The van der Waals surface area contributed by atoms with Gasteiger partial charge in [-0.25, -0.2) is 9.67 Å². The monoisotopic (exact) mass is 484 g/mol. The first-order valence-electron chi connectivity index (χ1n) is 9.98. The third-order valence-electron chi connectivity index (χ3n) is 6.05. The van der Waals surface area contributed by atoms with Gasteiger partial charge in [-0.15, -0.1) is 11.3 Å². The number of thiophene rings is 1. The molecule has 0 N–H and O–H groups in total. The predicted octanol–water partition coefficient (Wildman–Crippen LogP) is 5.56. The van der Waals surface area contributed by atoms with Crippen molar-refractivity contribution >= 4 is 34.5 Å². The lowest BCUT2D eigenvalue weighted by atomic mass is 9.84. The zero-order valence-corrected chi connectivity index (χ0v) is 19.1. The molecule has 0 bridgehead atoms. The molecule has 5 nitrogen and oxygen atoms in total. The first-order chi connectivity index (χ1) is 14.8. The van der Waals surface area contributed by atoms with E-state index < -0.39 is 18.1 Å². The van der Waals surface area contributed by atoms with E-state index in [0.29, 0.717) is 39.4 Å². The van der Waals surface area contributed by atoms with Gasteiger partial charge >= 0.3 is 0 Å². The van der Waals surface area contributed by atoms with Gasteiger partial charge in [-0.2, -0.15) is 13.9 Å². The van der Waals surface area contributed by atoms with Crippen molar-refractivity contribution in [1.29, 1.82) is 0 Å². The summed E-state index contributed by atoms with van der Waals surface area (Å²) in [6, 6.07) is 4.96. The molecule has 1 spiro atoms. The summed E-state index contributed by atoms with van der Waals surface area (Å²) >= 11 is 13.6. The van der Waals surface area contributed by atoms with Crippen LogP contribution in [0.15, 0.2) is 30.6 Å². The van der Waals surface area contributed by atoms with E-state index in [2.05, 4.69) is 15.0 Å². The fourth-order valence-electron chi connectivity index (χ4n) is 4.33. The first-order valence-corrected chi connectivity index (χ1v) is 11.6. The molecule has 2 aliphatic heterocycles. The van der Waals surface area contributed by atoms with Crippen LogP contribution in [0.5, 0.6) is 0 Å². The van der Waals surface area contributed by atoms with Gasteiger partial charge < -0.3 is 4.74 Å². The van der Waals surface area contributed by atoms with Gasteiger partial charge in [-0.05, 0) is 38.0 Å². The van der Waals surface area contributed by atoms with Crippen LogP contribution in [-0.2, 0) is 22.8 Å². The lowest BCUT2D eigenvalue weighted by molar-refractivity contribution is -0.182. The van der Waals surface area contributed by atoms with E-state index >= 15 is 0 Å². The molecule has 31 heavy (non-hydrogen) atoms. The minimum atomic E-state index is -2.99. The Hall–Kier alpha value is -1.58. The van der Waals surface area contributed by atoms with E-state index in [1.54, 1.807) is 23.0 Å². The van der Waals surface area contributed by atoms with Crippen molar-refractivity contribution in [3.63, 3.8) is 0 Å². The van der Waals surface area contributed by atoms with Crippen molar-refractivity contribution in [2.75, 3.05) is 19.7 Å². The third-order valence-corrected chi connectivity index (χ3v) is 7.80. The zero-order valence-electron chi connectivity index (χ0n) is 16.7. The van der Waals surface area contributed by atoms with Crippen molar-refractivity contribution < 1.29 is 13.5 Å². The number of nitrogens with zero attached hydrogens (tertiary/aromatic N) is 4. The Morgan fingerprint density at radius 1 is 1.26 bits per heavy atom. The number of aryl methyl sites for hydroxylation is 1. The van der Waals surface area contributed by atoms with E-state index in [1.165, 1.54) is 17.4 Å². The molecule has 0 radical (unpaired) electrons. The largest absolute Gasteiger partial charge is 0.363 e. The van der Waals surface area contributed by atoms with Gasteiger partial charge in [0.1, 0.15) is 12.2 Å². The number of aromatic nitrogens is 3. The van der Waals surface area contributed by atoms with Crippen molar-refractivity contribution in [2.24, 2.45) is 0 Å². The summed E-state index contributed by atoms with van der Waals surface area (Å²) in [6.07, 6.45) is 4.92. The first kappa shape index (κ1) is 21.3. The molecule has 3 aromatic heterocycles. The highest BCUT2D eigenvalue weighted by atomic mass is 35.5. The second-order valence-corrected chi connectivity index (χ2v) is 10.1. The standard InChI is InChI=1S/C21H20Cl2F2N4OS/c1-13-14(11-29(27-13)19-16(22)3-2-6-26-19)10-28-7-4-20(5-8-28)18-15(9-17(23)31-18)21(24,25)12-30-20/h2-3,6,9,11H,4-5,7-8,10,12H2,1H3. The molecule has 2 aliphatic rings. The molecular weight excluding hydrogens is 465 g/mol. The SMILES string of the molecule is Cc1nn(-c2ncccc2Cl)cc1CN1CCC2(CC1)OCC(F)(F)c1cc(Cl)sc12. The normalized spacial score (nSPS) is 20.2. The number of piperidine rings is 1. The predicted molar refractivity (Wildman–Crippen MR) is 116 cm³/mol. The van der Waals surface area contributed by atoms with E-state index in [9.17, 15) is 8.78 Å². The van der Waals surface area contributed by atoms with Gasteiger partial charge in [0.05, 0.1) is 15.1 Å². The number of pyridine rings is 1. The Bertz CT molecular complexity index is 1120. The van der Waals surface area contributed by atoms with Crippen LogP contribution >= 0.6 is 34.5 Å². The van der Waals surface area contributed by atoms with Crippen LogP contribution in [0.1, 0.15) is 34.5 Å². The quantitative estimate of drug-likeness (QED) is 0.488. The van der Waals surface area contributed by atoms with Crippen LogP contribution < -0.4 is 0 Å². The third kappa shape index (κ3) is 3.78. The van der Waals surface area contributed by atoms with Gasteiger partial charge in [-0.3, -0.25) is 4.90 Å². The Morgan fingerprint density at radius 2 is 2.03 bits per heavy atom. The maximum absolute atomic E-state index is 14.3. The maximum atomic E-state index is 14.3. The van der Waals surface area contributed by atoms with Gasteiger partial charge in [0.2, 0.25) is 0 Å². The van der Waals surface area contributed by atoms with Gasteiger partial charge in [0.25, 0.3) is 5.92 Å². The van der Waals surface area contributed by atoms with E-state index in [1.807, 2.05) is 13.1 Å². The number of rotatable bonds is 3. The average Bonchev–Trinajstić information content (AvgIpc) is 3.31. The molecule has 0 aliphatic carbocycles. The number of alkyl halides is 2. The lowest BCUT2D eigenvalue weighted by Gasteiger charge is -2.45. The summed E-state index contributed by atoms with van der Waals surface area (Å²) in [5.41, 5.74) is 1.34. The number of hydrogen-bond acceptors (Lipinski definition) is 5. The smallest absolute Gasteiger partial charge is 0.297 e. The highest BCUT2D eigenvalue weighted by Crippen LogP contribution is 2.52. The zero-order chi connectivity index (χ0) is 21.8. The summed E-state index contributed by atoms with van der Waals surface area (Å²) in [7, 11) is 0. The average molecular weight is 485 g/mol. The summed E-state index contributed by atoms with van der Waals surface area (Å²) in [6.45, 7) is 3.54. The van der Waals surface area contributed by atoms with Crippen molar-refractivity contribution in [2.45, 2.75) is 37.8 Å². The van der Waals surface area contributed by atoms with Crippen LogP contribution in [0.4, 0.5) is 8.78 Å². The lowest BCUT2D eigenvalue weighted by Crippen LogP contribution is -2.48. The Labute approximate surface area is 192 Å². The number of hydrogen-bond donors (Lipinski definition) is 0. The van der Waals surface area contributed by atoms with Gasteiger partial charge in [-0.1, -0.05) is 23.2 Å². The molecule has 5 heterocycles. The van der Waals surface area contributed by atoms with Gasteiger partial charge in [0.15, 0.2) is 5.82 Å². The van der Waals surface area contributed by atoms with Crippen LogP contribution in [0.3, 0.4) is 0 Å². The summed E-state index contributed by atoms with van der Waals surface area (Å²) in [5.74, 6) is -2.39. The Balaban J connectivity index is 1.32. The van der Waals surface area contributed by atoms with E-state index in [0.717, 1.165) is 24.3 Å². The molecule has 0 aromatic carbocycles. The van der Waals surface area contributed by atoms with Crippen molar-refractivity contribution in [3.8, 4) is 5.82 Å². The Morgan fingerprint density at radius 3 is 2.77 bits per heavy atom. The van der Waals surface area contributed by atoms with Crippen LogP contribution in [0.2, 0.25) is 9.36 Å². The van der Waals surface area contributed by atoms with Crippen molar-refractivity contribution in [3.05, 3.63) is 61.6 Å². The number of halogens is 4. The maximum Gasteiger partial charge on any atom is 0.297 e. The summed E-state index contributed by atoms with van der Waals surface area (Å²) < 4.78 is 36.5. The molecule has 0 saturated carbocycles. The van der Waals surface area contributed by atoms with E-state index in [-0.39, 0.29) is 5.56 Å². The second kappa shape index (κ2) is 7.78. The topological polar surface area (TPSA) is 43.2 Å². The highest BCUT2D eigenvalue weighted by molar-refractivity contribution is 7.16. The molecule has 0 unspecified atom stereocenters. The second-order valence-electron chi connectivity index (χ2n) is 8.05. The molecule has 5 rings (SSSR count). The number of likely N-dealkylation sites (tertiary alicyclic amines) is 1. The minimum absolute atomic E-state index is 0.0339. The van der Waals surface area contributed by atoms with Gasteiger partial charge in [0, 0.05) is 48.0 Å². The highest BCUT2D eigenvalue weighted by Gasteiger charge is 2.51. The minimum Gasteiger partial charge on any atom is -0.363 e. The number of ether oxygens (including phenoxy) is 1. The van der Waals surface area contributed by atoms with E-state index in [4.69, 9.17) is 27.9 Å². The fourth-order valence-corrected chi connectivity index (χ4v) is 6.02. The summed E-state index contributed by atoms with van der Waals surface area (Å²) in [4.78, 5) is 7.19.